The molecule has 1 aromatic heterocycles. The van der Waals surface area contributed by atoms with Crippen molar-refractivity contribution in [3.05, 3.63) is 45.0 Å². The van der Waals surface area contributed by atoms with Gasteiger partial charge in [0, 0.05) is 35.7 Å². The second kappa shape index (κ2) is 8.59. The van der Waals surface area contributed by atoms with Crippen molar-refractivity contribution in [2.45, 2.75) is 25.9 Å². The molecule has 1 unspecified atom stereocenters. The van der Waals surface area contributed by atoms with E-state index in [0.717, 1.165) is 5.56 Å². The topological polar surface area (TPSA) is 81.6 Å². The van der Waals surface area contributed by atoms with E-state index < -0.39 is 6.09 Å². The van der Waals surface area contributed by atoms with Gasteiger partial charge in [0.2, 0.25) is 5.95 Å². The third-order valence-electron chi connectivity index (χ3n) is 4.67. The van der Waals surface area contributed by atoms with Crippen molar-refractivity contribution in [1.29, 1.82) is 0 Å². The molecule has 0 bridgehead atoms. The Morgan fingerprint density at radius 1 is 1.29 bits per heavy atom. The molecule has 2 N–H and O–H groups in total. The van der Waals surface area contributed by atoms with Gasteiger partial charge in [0.1, 0.15) is 5.02 Å². The predicted molar refractivity (Wildman–Crippen MR) is 112 cm³/mol. The third kappa shape index (κ3) is 4.54. The lowest BCUT2D eigenvalue weighted by Gasteiger charge is -2.38. The van der Waals surface area contributed by atoms with Gasteiger partial charge in [-0.2, -0.15) is 4.98 Å². The largest absolute Gasteiger partial charge is 0.465 e. The van der Waals surface area contributed by atoms with Gasteiger partial charge in [-0.15, -0.1) is 0 Å². The van der Waals surface area contributed by atoms with Gasteiger partial charge in [0.15, 0.2) is 5.82 Å². The van der Waals surface area contributed by atoms with Crippen molar-refractivity contribution in [2.75, 3.05) is 29.9 Å². The maximum absolute atomic E-state index is 11.2. The maximum Gasteiger partial charge on any atom is 0.407 e. The number of nitrogens with zero attached hydrogens (tertiary/aromatic N) is 4. The summed E-state index contributed by atoms with van der Waals surface area (Å²) in [6.07, 6.45) is 0.622. The number of benzene rings is 1. The van der Waals surface area contributed by atoms with E-state index in [4.69, 9.17) is 34.8 Å². The highest BCUT2D eigenvalue weighted by Gasteiger charge is 2.28. The van der Waals surface area contributed by atoms with E-state index in [2.05, 4.69) is 15.3 Å². The second-order valence-electron chi connectivity index (χ2n) is 6.67. The zero-order valence-electron chi connectivity index (χ0n) is 15.4. The van der Waals surface area contributed by atoms with Crippen LogP contribution >= 0.6 is 34.8 Å². The van der Waals surface area contributed by atoms with E-state index in [1.165, 1.54) is 11.1 Å². The molecular formula is C18H20Cl3N5O2. The fourth-order valence-electron chi connectivity index (χ4n) is 3.17. The highest BCUT2D eigenvalue weighted by Crippen LogP contribution is 2.30. The molecule has 2 heterocycles. The first kappa shape index (κ1) is 20.8. The molecule has 1 fully saturated rings. The van der Waals surface area contributed by atoms with Gasteiger partial charge < -0.3 is 20.2 Å². The van der Waals surface area contributed by atoms with Gasteiger partial charge in [0.25, 0.3) is 0 Å². The van der Waals surface area contributed by atoms with Gasteiger partial charge in [-0.1, -0.05) is 40.9 Å². The molecule has 28 heavy (non-hydrogen) atoms. The first-order valence-corrected chi connectivity index (χ1v) is 9.88. The van der Waals surface area contributed by atoms with Gasteiger partial charge in [0.05, 0.1) is 12.2 Å². The zero-order valence-corrected chi connectivity index (χ0v) is 17.6. The Balaban J connectivity index is 1.77. The quantitative estimate of drug-likeness (QED) is 0.705. The van der Waals surface area contributed by atoms with Crippen molar-refractivity contribution in [2.24, 2.45) is 0 Å². The van der Waals surface area contributed by atoms with Crippen LogP contribution < -0.4 is 10.2 Å². The number of anilines is 2. The van der Waals surface area contributed by atoms with Crippen LogP contribution in [-0.2, 0) is 0 Å². The number of halogens is 3. The van der Waals surface area contributed by atoms with Crippen LogP contribution in [0.15, 0.2) is 24.4 Å². The summed E-state index contributed by atoms with van der Waals surface area (Å²) < 4.78 is 0. The lowest BCUT2D eigenvalue weighted by molar-refractivity contribution is 0.122. The van der Waals surface area contributed by atoms with E-state index in [1.807, 2.05) is 24.8 Å². The summed E-state index contributed by atoms with van der Waals surface area (Å²) in [5, 5.41) is 14.0. The predicted octanol–water partition coefficient (Wildman–Crippen LogP) is 4.80. The molecule has 150 valence electrons. The maximum atomic E-state index is 11.2. The summed E-state index contributed by atoms with van der Waals surface area (Å²) in [5.74, 6) is 0.983. The monoisotopic (exact) mass is 443 g/mol. The zero-order chi connectivity index (χ0) is 20.4. The summed E-state index contributed by atoms with van der Waals surface area (Å²) in [6, 6.07) is 5.00. The normalized spacial score (nSPS) is 18.1. The first-order chi connectivity index (χ1) is 13.3. The molecule has 1 aromatic carbocycles. The molecule has 0 radical (unpaired) electrons. The minimum absolute atomic E-state index is 0.159. The molecule has 0 spiro atoms. The van der Waals surface area contributed by atoms with Crippen LogP contribution in [0.5, 0.6) is 0 Å². The molecular weight excluding hydrogens is 425 g/mol. The second-order valence-corrected chi connectivity index (χ2v) is 7.92. The minimum Gasteiger partial charge on any atom is -0.465 e. The number of aromatic nitrogens is 2. The number of amides is 1. The Morgan fingerprint density at radius 3 is 2.68 bits per heavy atom. The Labute approximate surface area is 178 Å². The van der Waals surface area contributed by atoms with Crippen LogP contribution in [-0.4, -0.2) is 51.7 Å². The third-order valence-corrected chi connectivity index (χ3v) is 5.51. The number of rotatable bonds is 4. The SMILES string of the molecule is CC(Nc1nc(N2CCN(C(=O)O)[C@H](C)C2)ncc1Cl)c1ccc(Cl)cc1Cl. The van der Waals surface area contributed by atoms with Crippen molar-refractivity contribution in [3.8, 4) is 0 Å². The van der Waals surface area contributed by atoms with Crippen LogP contribution in [0.3, 0.4) is 0 Å². The molecule has 0 aliphatic carbocycles. The molecule has 2 aromatic rings. The summed E-state index contributed by atoms with van der Waals surface area (Å²) in [6.45, 7) is 5.21. The van der Waals surface area contributed by atoms with Crippen LogP contribution in [0.2, 0.25) is 15.1 Å². The number of nitrogens with one attached hydrogen (secondary N) is 1. The van der Waals surface area contributed by atoms with E-state index in [9.17, 15) is 9.90 Å². The number of hydrogen-bond donors (Lipinski definition) is 2. The fraction of sp³-hybridized carbons (Fsp3) is 0.389. The lowest BCUT2D eigenvalue weighted by Crippen LogP contribution is -2.54. The van der Waals surface area contributed by atoms with Crippen molar-refractivity contribution >= 4 is 52.7 Å². The molecule has 1 aliphatic heterocycles. The van der Waals surface area contributed by atoms with Crippen LogP contribution in [0, 0.1) is 0 Å². The highest BCUT2D eigenvalue weighted by molar-refractivity contribution is 6.35. The fourth-order valence-corrected chi connectivity index (χ4v) is 3.89. The molecule has 2 atom stereocenters. The molecule has 1 saturated heterocycles. The van der Waals surface area contributed by atoms with Crippen molar-refractivity contribution in [1.82, 2.24) is 14.9 Å². The molecule has 10 heteroatoms. The first-order valence-electron chi connectivity index (χ1n) is 8.74. The summed E-state index contributed by atoms with van der Waals surface area (Å²) in [5.41, 5.74) is 0.867. The summed E-state index contributed by atoms with van der Waals surface area (Å²) >= 11 is 18.5. The number of piperazine rings is 1. The van der Waals surface area contributed by atoms with E-state index in [0.29, 0.717) is 46.5 Å². The average Bonchev–Trinajstić information content (AvgIpc) is 2.63. The van der Waals surface area contributed by atoms with Crippen molar-refractivity contribution < 1.29 is 9.90 Å². The van der Waals surface area contributed by atoms with E-state index >= 15 is 0 Å². The molecule has 1 amide bonds. The Bertz CT molecular complexity index is 882. The summed E-state index contributed by atoms with van der Waals surface area (Å²) in [4.78, 5) is 23.5. The Morgan fingerprint density at radius 2 is 2.04 bits per heavy atom. The average molecular weight is 445 g/mol. The number of carboxylic acid groups (broad SMARTS) is 1. The highest BCUT2D eigenvalue weighted by atomic mass is 35.5. The van der Waals surface area contributed by atoms with Crippen LogP contribution in [0.4, 0.5) is 16.6 Å². The Kier molecular flexibility index (Phi) is 6.37. The van der Waals surface area contributed by atoms with Crippen LogP contribution in [0.1, 0.15) is 25.5 Å². The van der Waals surface area contributed by atoms with Crippen LogP contribution in [0.25, 0.3) is 0 Å². The number of carbonyl (C=O) groups is 1. The molecule has 1 aliphatic rings. The van der Waals surface area contributed by atoms with Gasteiger partial charge >= 0.3 is 6.09 Å². The molecule has 0 saturated carbocycles. The lowest BCUT2D eigenvalue weighted by atomic mass is 10.1. The van der Waals surface area contributed by atoms with Crippen molar-refractivity contribution in [3.63, 3.8) is 0 Å². The van der Waals surface area contributed by atoms with Gasteiger partial charge in [-0.05, 0) is 31.5 Å². The van der Waals surface area contributed by atoms with Gasteiger partial charge in [-0.3, -0.25) is 0 Å². The van der Waals surface area contributed by atoms with E-state index in [1.54, 1.807) is 12.1 Å². The smallest absolute Gasteiger partial charge is 0.407 e. The number of hydrogen-bond acceptors (Lipinski definition) is 5. The standard InChI is InChI=1S/C18H20Cl3N5O2/c1-10-9-25(5-6-26(10)18(27)28)17-22-8-15(21)16(24-17)23-11(2)13-4-3-12(19)7-14(13)20/h3-4,7-8,10-11H,5-6,9H2,1-2H3,(H,27,28)(H,22,23,24)/t10-,11?/m1/s1. The molecule has 7 nitrogen and oxygen atoms in total. The molecule has 3 rings (SSSR count). The Hall–Kier alpha value is -1.96. The minimum atomic E-state index is -0.916. The van der Waals surface area contributed by atoms with Gasteiger partial charge in [-0.25, -0.2) is 9.78 Å². The van der Waals surface area contributed by atoms with E-state index in [-0.39, 0.29) is 12.1 Å². The summed E-state index contributed by atoms with van der Waals surface area (Å²) in [7, 11) is 0.